The molecule has 0 radical (unpaired) electrons. The van der Waals surface area contributed by atoms with Crippen LogP contribution in [-0.2, 0) is 10.8 Å². The topological polar surface area (TPSA) is 3.24 Å². The fraction of sp³-hybridized carbons (Fsp3) is 0.191. The second kappa shape index (κ2) is 11.1. The van der Waals surface area contributed by atoms with Crippen LogP contribution in [0.15, 0.2) is 133 Å². The minimum absolute atomic E-state index is 0.115. The number of thiophene rings is 1. The summed E-state index contributed by atoms with van der Waals surface area (Å²) < 4.78 is 2.65. The first-order chi connectivity index (χ1) is 23.7. The molecule has 1 aliphatic rings. The highest BCUT2D eigenvalue weighted by Crippen LogP contribution is 2.51. The van der Waals surface area contributed by atoms with Crippen LogP contribution in [0.3, 0.4) is 0 Å². The summed E-state index contributed by atoms with van der Waals surface area (Å²) in [5, 5.41) is 7.81. The molecule has 1 aliphatic carbocycles. The van der Waals surface area contributed by atoms with E-state index in [0.29, 0.717) is 0 Å². The van der Waals surface area contributed by atoms with E-state index in [-0.39, 0.29) is 10.8 Å². The Morgan fingerprint density at radius 3 is 1.90 bits per heavy atom. The molecule has 1 heterocycles. The highest BCUT2D eigenvalue weighted by atomic mass is 32.1. The third kappa shape index (κ3) is 4.80. The molecule has 8 aromatic rings. The number of rotatable bonds is 4. The van der Waals surface area contributed by atoms with Crippen LogP contribution < -0.4 is 4.90 Å². The standard InChI is InChI=1S/C47H41NS/c1-30-27-40-41(47(4,5)26-25-46(40,2)3)29-43(30)48(42-19-12-18-38-37-17-10-11-20-44(37)49-45(38)42)33-23-21-31(22-24-33)39-28-32-13-6-7-14-34(32)35-15-8-9-16-36(35)39/h6-24,27-29H,25-26H2,1-5H3. The van der Waals surface area contributed by atoms with E-state index in [4.69, 9.17) is 0 Å². The molecule has 1 aromatic heterocycles. The summed E-state index contributed by atoms with van der Waals surface area (Å²) >= 11 is 1.90. The zero-order valence-electron chi connectivity index (χ0n) is 29.0. The lowest BCUT2D eigenvalue weighted by atomic mass is 9.63. The third-order valence-electron chi connectivity index (χ3n) is 11.2. The molecule has 0 N–H and O–H groups in total. The molecule has 0 atom stereocenters. The number of benzene rings is 7. The Morgan fingerprint density at radius 1 is 0.531 bits per heavy atom. The molecule has 0 unspecified atom stereocenters. The second-order valence-electron chi connectivity index (χ2n) is 15.3. The second-order valence-corrected chi connectivity index (χ2v) is 16.3. The van der Waals surface area contributed by atoms with E-state index in [9.17, 15) is 0 Å². The molecule has 0 saturated carbocycles. The highest BCUT2D eigenvalue weighted by molar-refractivity contribution is 7.26. The molecule has 9 rings (SSSR count). The van der Waals surface area contributed by atoms with Crippen molar-refractivity contribution >= 4 is 70.1 Å². The van der Waals surface area contributed by atoms with Crippen molar-refractivity contribution in [3.05, 3.63) is 150 Å². The number of fused-ring (bicyclic) bond motifs is 7. The Balaban J connectivity index is 1.27. The van der Waals surface area contributed by atoms with Crippen molar-refractivity contribution in [1.82, 2.24) is 0 Å². The number of hydrogen-bond acceptors (Lipinski definition) is 2. The van der Waals surface area contributed by atoms with Crippen molar-refractivity contribution < 1.29 is 0 Å². The fourth-order valence-corrected chi connectivity index (χ4v) is 9.56. The average molecular weight is 652 g/mol. The predicted octanol–water partition coefficient (Wildman–Crippen LogP) is 14.2. The molecule has 0 fully saturated rings. The summed E-state index contributed by atoms with van der Waals surface area (Å²) in [6, 6.07) is 49.9. The van der Waals surface area contributed by atoms with Gasteiger partial charge in [-0.05, 0) is 116 Å². The van der Waals surface area contributed by atoms with E-state index in [1.165, 1.54) is 99.4 Å². The number of aryl methyl sites for hydroxylation is 1. The van der Waals surface area contributed by atoms with E-state index in [2.05, 4.69) is 173 Å². The molecular weight excluding hydrogens is 611 g/mol. The lowest BCUT2D eigenvalue weighted by molar-refractivity contribution is 0.332. The SMILES string of the molecule is Cc1cc2c(cc1N(c1ccc(-c3cc4ccccc4c4ccccc34)cc1)c1cccc3c1sc1ccccc13)C(C)(C)CCC2(C)C. The molecule has 240 valence electrons. The van der Waals surface area contributed by atoms with Crippen molar-refractivity contribution in [3.8, 4) is 11.1 Å². The third-order valence-corrected chi connectivity index (χ3v) is 12.4. The normalized spacial score (nSPS) is 15.2. The molecule has 0 saturated heterocycles. The number of nitrogens with zero attached hydrogens (tertiary/aromatic N) is 1. The summed E-state index contributed by atoms with van der Waals surface area (Å²) in [6.45, 7) is 12.0. The van der Waals surface area contributed by atoms with E-state index in [0.717, 1.165) is 0 Å². The minimum atomic E-state index is 0.115. The first-order valence-corrected chi connectivity index (χ1v) is 18.4. The molecule has 0 aliphatic heterocycles. The van der Waals surface area contributed by atoms with Crippen LogP contribution in [0.4, 0.5) is 17.1 Å². The van der Waals surface area contributed by atoms with Crippen LogP contribution in [0.1, 0.15) is 57.2 Å². The van der Waals surface area contributed by atoms with Gasteiger partial charge in [0, 0.05) is 26.8 Å². The minimum Gasteiger partial charge on any atom is -0.309 e. The van der Waals surface area contributed by atoms with Gasteiger partial charge in [0.2, 0.25) is 0 Å². The zero-order valence-corrected chi connectivity index (χ0v) is 29.8. The van der Waals surface area contributed by atoms with Crippen molar-refractivity contribution in [3.63, 3.8) is 0 Å². The van der Waals surface area contributed by atoms with E-state index in [1.54, 1.807) is 0 Å². The van der Waals surface area contributed by atoms with Crippen LogP contribution in [-0.4, -0.2) is 0 Å². The van der Waals surface area contributed by atoms with Crippen molar-refractivity contribution in [2.45, 2.75) is 58.3 Å². The largest absolute Gasteiger partial charge is 0.309 e. The molecule has 0 spiro atoms. The smallest absolute Gasteiger partial charge is 0.0640 e. The predicted molar refractivity (Wildman–Crippen MR) is 214 cm³/mol. The molecular formula is C47H41NS. The first-order valence-electron chi connectivity index (χ1n) is 17.6. The summed E-state index contributed by atoms with van der Waals surface area (Å²) in [6.07, 6.45) is 2.40. The molecule has 0 bridgehead atoms. The van der Waals surface area contributed by atoms with Gasteiger partial charge in [-0.15, -0.1) is 11.3 Å². The monoisotopic (exact) mass is 651 g/mol. The fourth-order valence-electron chi connectivity index (χ4n) is 8.35. The van der Waals surface area contributed by atoms with E-state index in [1.807, 2.05) is 11.3 Å². The van der Waals surface area contributed by atoms with Gasteiger partial charge in [-0.25, -0.2) is 0 Å². The number of hydrogen-bond donors (Lipinski definition) is 0. The van der Waals surface area contributed by atoms with Gasteiger partial charge in [0.05, 0.1) is 10.4 Å². The van der Waals surface area contributed by atoms with Gasteiger partial charge in [0.1, 0.15) is 0 Å². The summed E-state index contributed by atoms with van der Waals surface area (Å²) in [7, 11) is 0. The maximum absolute atomic E-state index is 2.54. The van der Waals surface area contributed by atoms with Crippen LogP contribution in [0.2, 0.25) is 0 Å². The van der Waals surface area contributed by atoms with Gasteiger partial charge < -0.3 is 4.90 Å². The van der Waals surface area contributed by atoms with Gasteiger partial charge >= 0.3 is 0 Å². The zero-order chi connectivity index (χ0) is 33.5. The molecule has 49 heavy (non-hydrogen) atoms. The highest BCUT2D eigenvalue weighted by Gasteiger charge is 2.38. The van der Waals surface area contributed by atoms with E-state index >= 15 is 0 Å². The van der Waals surface area contributed by atoms with Gasteiger partial charge in [-0.3, -0.25) is 0 Å². The molecule has 1 nitrogen and oxygen atoms in total. The Hall–Kier alpha value is -4.92. The molecule has 2 heteroatoms. The van der Waals surface area contributed by atoms with Crippen molar-refractivity contribution in [1.29, 1.82) is 0 Å². The van der Waals surface area contributed by atoms with Gasteiger partial charge in [0.15, 0.2) is 0 Å². The van der Waals surface area contributed by atoms with Crippen LogP contribution in [0.25, 0.3) is 52.8 Å². The maximum Gasteiger partial charge on any atom is 0.0640 e. The average Bonchev–Trinajstić information content (AvgIpc) is 3.50. The van der Waals surface area contributed by atoms with Gasteiger partial charge in [-0.1, -0.05) is 125 Å². The Morgan fingerprint density at radius 2 is 1.14 bits per heavy atom. The van der Waals surface area contributed by atoms with Crippen LogP contribution in [0, 0.1) is 6.92 Å². The number of anilines is 3. The maximum atomic E-state index is 2.54. The Labute approximate surface area is 293 Å². The Bertz CT molecular complexity index is 2570. The van der Waals surface area contributed by atoms with Crippen LogP contribution >= 0.6 is 11.3 Å². The van der Waals surface area contributed by atoms with Gasteiger partial charge in [-0.2, -0.15) is 0 Å². The summed E-state index contributed by atoms with van der Waals surface area (Å²) in [5.41, 5.74) is 10.8. The lowest BCUT2D eigenvalue weighted by Crippen LogP contribution is -2.34. The van der Waals surface area contributed by atoms with Crippen molar-refractivity contribution in [2.75, 3.05) is 4.90 Å². The lowest BCUT2D eigenvalue weighted by Gasteiger charge is -2.43. The van der Waals surface area contributed by atoms with Crippen molar-refractivity contribution in [2.24, 2.45) is 0 Å². The Kier molecular flexibility index (Phi) is 6.80. The quantitative estimate of drug-likeness (QED) is 0.171. The summed E-state index contributed by atoms with van der Waals surface area (Å²) in [5.74, 6) is 0. The molecule has 7 aromatic carbocycles. The van der Waals surface area contributed by atoms with Gasteiger partial charge in [0.25, 0.3) is 0 Å². The molecule has 0 amide bonds. The summed E-state index contributed by atoms with van der Waals surface area (Å²) in [4.78, 5) is 2.54. The first kappa shape index (κ1) is 30.2. The van der Waals surface area contributed by atoms with Crippen LogP contribution in [0.5, 0.6) is 0 Å². The van der Waals surface area contributed by atoms with E-state index < -0.39 is 0 Å².